The third kappa shape index (κ3) is 2.36. The molecule has 0 saturated carbocycles. The molecule has 1 unspecified atom stereocenters. The number of aryl methyl sites for hydroxylation is 2. The molecule has 1 aliphatic heterocycles. The number of hydrogen-bond acceptors (Lipinski definition) is 4. The van der Waals surface area contributed by atoms with Crippen molar-refractivity contribution in [3.05, 3.63) is 65.1 Å². The predicted octanol–water partition coefficient (Wildman–Crippen LogP) is 3.69. The van der Waals surface area contributed by atoms with Crippen molar-refractivity contribution in [2.24, 2.45) is 0 Å². The van der Waals surface area contributed by atoms with E-state index in [0.29, 0.717) is 29.4 Å². The van der Waals surface area contributed by atoms with Crippen molar-refractivity contribution in [3.63, 3.8) is 0 Å². The monoisotopic (exact) mass is 366 g/mol. The van der Waals surface area contributed by atoms with Gasteiger partial charge in [-0.3, -0.25) is 4.98 Å². The Hall–Kier alpha value is -3.16. The molecule has 4 aromatic rings. The van der Waals surface area contributed by atoms with Crippen LogP contribution in [0.1, 0.15) is 40.8 Å². The Morgan fingerprint density at radius 3 is 2.70 bits per heavy atom. The first-order chi connectivity index (χ1) is 13.0. The average molecular weight is 366 g/mol. The zero-order valence-corrected chi connectivity index (χ0v) is 14.8. The van der Waals surface area contributed by atoms with Gasteiger partial charge in [0.1, 0.15) is 5.82 Å². The van der Waals surface area contributed by atoms with Crippen LogP contribution in [0.15, 0.2) is 36.7 Å². The highest BCUT2D eigenvalue weighted by atomic mass is 19.2. The van der Waals surface area contributed by atoms with Gasteiger partial charge in [0.25, 0.3) is 0 Å². The van der Waals surface area contributed by atoms with Gasteiger partial charge in [0.15, 0.2) is 23.8 Å². The van der Waals surface area contributed by atoms with Gasteiger partial charge in [0, 0.05) is 24.5 Å². The summed E-state index contributed by atoms with van der Waals surface area (Å²) in [6.45, 7) is 4.15. The maximum Gasteiger partial charge on any atom is 0.198 e. The molecule has 8 heteroatoms. The fraction of sp³-hybridized carbons (Fsp3) is 0.263. The topological polar surface area (TPSA) is 60.9 Å². The Morgan fingerprint density at radius 2 is 1.89 bits per heavy atom. The Balaban J connectivity index is 1.50. The summed E-state index contributed by atoms with van der Waals surface area (Å²) in [6.07, 6.45) is -0.755. The van der Waals surface area contributed by atoms with Gasteiger partial charge in [-0.05, 0) is 19.4 Å². The Morgan fingerprint density at radius 1 is 1.07 bits per heavy atom. The second-order valence-electron chi connectivity index (χ2n) is 6.77. The minimum absolute atomic E-state index is 0.0532. The van der Waals surface area contributed by atoms with Crippen LogP contribution in [0.4, 0.5) is 8.78 Å². The number of benzene rings is 1. The lowest BCUT2D eigenvalue weighted by Gasteiger charge is -2.08. The summed E-state index contributed by atoms with van der Waals surface area (Å²) >= 11 is 0. The van der Waals surface area contributed by atoms with Crippen LogP contribution in [0.2, 0.25) is 0 Å². The summed E-state index contributed by atoms with van der Waals surface area (Å²) in [6, 6.07) is 7.81. The second-order valence-corrected chi connectivity index (χ2v) is 6.77. The number of fused-ring (bicyclic) bond motifs is 4. The van der Waals surface area contributed by atoms with E-state index in [1.807, 2.05) is 28.8 Å². The number of aromatic nitrogens is 6. The molecule has 27 heavy (non-hydrogen) atoms. The van der Waals surface area contributed by atoms with Crippen LogP contribution in [0.3, 0.4) is 0 Å². The fourth-order valence-electron chi connectivity index (χ4n) is 3.47. The average Bonchev–Trinajstić information content (AvgIpc) is 3.36. The van der Waals surface area contributed by atoms with Gasteiger partial charge in [0.2, 0.25) is 0 Å². The van der Waals surface area contributed by atoms with Crippen molar-refractivity contribution in [2.75, 3.05) is 0 Å². The van der Waals surface area contributed by atoms with Gasteiger partial charge in [-0.2, -0.15) is 0 Å². The normalized spacial score (nSPS) is 15.0. The van der Waals surface area contributed by atoms with E-state index in [-0.39, 0.29) is 11.5 Å². The number of halogens is 2. The molecule has 0 aliphatic carbocycles. The van der Waals surface area contributed by atoms with E-state index < -0.39 is 12.3 Å². The van der Waals surface area contributed by atoms with Crippen LogP contribution in [0.25, 0.3) is 17.0 Å². The third-order valence-corrected chi connectivity index (χ3v) is 4.91. The summed E-state index contributed by atoms with van der Waals surface area (Å²) in [7, 11) is 0. The maximum absolute atomic E-state index is 14.9. The van der Waals surface area contributed by atoms with Crippen LogP contribution in [0, 0.1) is 13.8 Å². The lowest BCUT2D eigenvalue weighted by atomic mass is 10.1. The zero-order chi connectivity index (χ0) is 18.7. The summed E-state index contributed by atoms with van der Waals surface area (Å²) in [5.74, 6) is 0.463. The van der Waals surface area contributed by atoms with Gasteiger partial charge < -0.3 is 4.57 Å². The van der Waals surface area contributed by atoms with Crippen LogP contribution >= 0.6 is 0 Å². The molecule has 6 nitrogen and oxygen atoms in total. The Bertz CT molecular complexity index is 1140. The van der Waals surface area contributed by atoms with Gasteiger partial charge in [0.05, 0.1) is 17.1 Å². The number of hydrogen-bond donors (Lipinski definition) is 0. The molecule has 0 N–H and O–H groups in total. The molecule has 3 aromatic heterocycles. The van der Waals surface area contributed by atoms with Crippen LogP contribution in [0.5, 0.6) is 0 Å². The molecule has 5 rings (SSSR count). The third-order valence-electron chi connectivity index (χ3n) is 4.91. The quantitative estimate of drug-likeness (QED) is 0.489. The Labute approximate surface area is 153 Å². The standard InChI is InChI=1S/C19H16F2N6/c1-10-7-22-11(2)18-24-17(25-27(10)18)16(21)15(20)14-9-26-8-12-5-3-4-6-13(12)19(26)23-14/h3-7,9,15-16H,8H2,1-2H3/t15?,16-/m1/s1. The minimum Gasteiger partial charge on any atom is -0.326 e. The van der Waals surface area contributed by atoms with E-state index in [2.05, 4.69) is 20.1 Å². The first kappa shape index (κ1) is 16.0. The molecule has 2 atom stereocenters. The molecule has 0 saturated heterocycles. The molecule has 4 heterocycles. The first-order valence-corrected chi connectivity index (χ1v) is 8.65. The lowest BCUT2D eigenvalue weighted by Crippen LogP contribution is -2.05. The number of imidazole rings is 1. The number of nitrogens with zero attached hydrogens (tertiary/aromatic N) is 6. The van der Waals surface area contributed by atoms with E-state index in [0.717, 1.165) is 11.1 Å². The molecule has 1 aromatic carbocycles. The number of alkyl halides is 2. The van der Waals surface area contributed by atoms with Gasteiger partial charge >= 0.3 is 0 Å². The van der Waals surface area contributed by atoms with Gasteiger partial charge in [-0.1, -0.05) is 24.3 Å². The van der Waals surface area contributed by atoms with Crippen LogP contribution in [-0.2, 0) is 6.54 Å². The summed E-state index contributed by atoms with van der Waals surface area (Å²) in [4.78, 5) is 12.7. The molecule has 0 bridgehead atoms. The van der Waals surface area contributed by atoms with Crippen LogP contribution in [-0.4, -0.2) is 29.1 Å². The maximum atomic E-state index is 14.9. The SMILES string of the molecule is Cc1ncc(C)n2nc([C@H](F)C(F)c3cn4c(n3)-c3ccccc3C4)nc12. The summed E-state index contributed by atoms with van der Waals surface area (Å²) in [5, 5.41) is 4.13. The summed E-state index contributed by atoms with van der Waals surface area (Å²) in [5.41, 5.74) is 3.88. The Kier molecular flexibility index (Phi) is 3.37. The first-order valence-electron chi connectivity index (χ1n) is 8.65. The fourth-order valence-corrected chi connectivity index (χ4v) is 3.47. The van der Waals surface area contributed by atoms with Crippen molar-refractivity contribution in [2.45, 2.75) is 32.7 Å². The highest BCUT2D eigenvalue weighted by Gasteiger charge is 2.32. The molecule has 0 spiro atoms. The van der Waals surface area contributed by atoms with Crippen molar-refractivity contribution in [1.29, 1.82) is 0 Å². The van der Waals surface area contributed by atoms with Crippen molar-refractivity contribution < 1.29 is 8.78 Å². The highest BCUT2D eigenvalue weighted by Crippen LogP contribution is 2.37. The molecule has 136 valence electrons. The van der Waals surface area contributed by atoms with Gasteiger partial charge in [-0.25, -0.2) is 23.3 Å². The van der Waals surface area contributed by atoms with Crippen molar-refractivity contribution >= 4 is 5.65 Å². The minimum atomic E-state index is -2.01. The van der Waals surface area contributed by atoms with E-state index >= 15 is 0 Å². The smallest absolute Gasteiger partial charge is 0.198 e. The molecule has 0 amide bonds. The highest BCUT2D eigenvalue weighted by molar-refractivity contribution is 5.65. The summed E-state index contributed by atoms with van der Waals surface area (Å²) < 4.78 is 33.1. The largest absolute Gasteiger partial charge is 0.326 e. The molecule has 0 radical (unpaired) electrons. The predicted molar refractivity (Wildman–Crippen MR) is 94.7 cm³/mol. The molecular weight excluding hydrogens is 350 g/mol. The van der Waals surface area contributed by atoms with Gasteiger partial charge in [-0.15, -0.1) is 5.10 Å². The van der Waals surface area contributed by atoms with E-state index in [4.69, 9.17) is 0 Å². The molecular formula is C19H16F2N6. The zero-order valence-electron chi connectivity index (χ0n) is 14.8. The van der Waals surface area contributed by atoms with E-state index in [1.54, 1.807) is 26.2 Å². The van der Waals surface area contributed by atoms with Crippen LogP contribution < -0.4 is 0 Å². The molecule has 0 fully saturated rings. The lowest BCUT2D eigenvalue weighted by molar-refractivity contribution is 0.159. The van der Waals surface area contributed by atoms with Crippen molar-refractivity contribution in [3.8, 4) is 11.4 Å². The van der Waals surface area contributed by atoms with E-state index in [1.165, 1.54) is 4.52 Å². The molecule has 1 aliphatic rings. The second kappa shape index (κ2) is 5.67. The van der Waals surface area contributed by atoms with E-state index in [9.17, 15) is 8.78 Å². The number of rotatable bonds is 3. The van der Waals surface area contributed by atoms with Crippen molar-refractivity contribution in [1.82, 2.24) is 29.1 Å².